The minimum atomic E-state index is -0.201. The van der Waals surface area contributed by atoms with Crippen molar-refractivity contribution in [3.8, 4) is 0 Å². The number of ketones is 1. The number of Topliss-reactive ketones (excluding diaryl/α,β-unsaturated/α-hetero) is 1. The first-order valence-electron chi connectivity index (χ1n) is 3.52. The number of halogens is 2. The van der Waals surface area contributed by atoms with E-state index in [4.69, 9.17) is 0 Å². The fourth-order valence-corrected chi connectivity index (χ4v) is 2.12. The molecule has 0 radical (unpaired) electrons. The molecule has 1 nitrogen and oxygen atoms in total. The Morgan fingerprint density at radius 1 is 1.42 bits per heavy atom. The average molecular weight is 292 g/mol. The lowest BCUT2D eigenvalue weighted by Gasteiger charge is -2.07. The molecule has 12 heavy (non-hydrogen) atoms. The summed E-state index contributed by atoms with van der Waals surface area (Å²) in [5.41, 5.74) is 0.977. The highest BCUT2D eigenvalue weighted by Crippen LogP contribution is 2.29. The smallest absolute Gasteiger partial charge is 0.147 e. The molecule has 1 unspecified atom stereocenters. The highest BCUT2D eigenvalue weighted by molar-refractivity contribution is 9.11. The third kappa shape index (κ3) is 2.17. The second kappa shape index (κ2) is 4.19. The summed E-state index contributed by atoms with van der Waals surface area (Å²) in [4.78, 5) is 10.8. The van der Waals surface area contributed by atoms with Gasteiger partial charge < -0.3 is 0 Å². The van der Waals surface area contributed by atoms with Gasteiger partial charge in [0.15, 0.2) is 0 Å². The Morgan fingerprint density at radius 3 is 2.50 bits per heavy atom. The molecule has 0 saturated carbocycles. The van der Waals surface area contributed by atoms with Crippen molar-refractivity contribution in [3.63, 3.8) is 0 Å². The van der Waals surface area contributed by atoms with Crippen LogP contribution in [-0.4, -0.2) is 5.78 Å². The van der Waals surface area contributed by atoms with E-state index in [1.54, 1.807) is 6.92 Å². The van der Waals surface area contributed by atoms with Crippen LogP contribution in [-0.2, 0) is 4.79 Å². The first-order chi connectivity index (χ1) is 5.63. The van der Waals surface area contributed by atoms with Gasteiger partial charge in [0.25, 0.3) is 0 Å². The highest BCUT2D eigenvalue weighted by Gasteiger charge is 2.14. The number of benzene rings is 1. The molecule has 0 fully saturated rings. The van der Waals surface area contributed by atoms with Crippen molar-refractivity contribution in [2.75, 3.05) is 0 Å². The van der Waals surface area contributed by atoms with Gasteiger partial charge >= 0.3 is 0 Å². The predicted molar refractivity (Wildman–Crippen MR) is 56.5 cm³/mol. The minimum Gasteiger partial charge on any atom is -0.298 e. The van der Waals surface area contributed by atoms with Gasteiger partial charge in [-0.05, 0) is 18.6 Å². The molecule has 0 aliphatic rings. The van der Waals surface area contributed by atoms with Gasteiger partial charge in [-0.3, -0.25) is 4.79 Å². The largest absolute Gasteiger partial charge is 0.298 e. The predicted octanol–water partition coefficient (Wildman–Crippen LogP) is 3.47. The number of carbonyl (C=O) groups excluding carboxylic acids is 1. The van der Waals surface area contributed by atoms with Gasteiger partial charge in [0.05, 0.1) is 4.83 Å². The van der Waals surface area contributed by atoms with Gasteiger partial charge in [-0.2, -0.15) is 0 Å². The van der Waals surface area contributed by atoms with E-state index in [0.29, 0.717) is 0 Å². The van der Waals surface area contributed by atoms with E-state index in [0.717, 1.165) is 10.0 Å². The maximum atomic E-state index is 11.0. The summed E-state index contributed by atoms with van der Waals surface area (Å²) in [5, 5.41) is 0. The van der Waals surface area contributed by atoms with Gasteiger partial charge in [0.1, 0.15) is 5.78 Å². The summed E-state index contributed by atoms with van der Waals surface area (Å²) in [5.74, 6) is 0.113. The molecule has 1 aromatic rings. The van der Waals surface area contributed by atoms with Crippen LogP contribution >= 0.6 is 31.9 Å². The summed E-state index contributed by atoms with van der Waals surface area (Å²) in [6.45, 7) is 1.57. The number of alkyl halides is 1. The molecule has 0 amide bonds. The Balaban J connectivity index is 3.02. The van der Waals surface area contributed by atoms with Crippen LogP contribution in [0, 0.1) is 0 Å². The van der Waals surface area contributed by atoms with E-state index in [2.05, 4.69) is 31.9 Å². The quantitative estimate of drug-likeness (QED) is 0.763. The molecule has 64 valence electrons. The van der Waals surface area contributed by atoms with Crippen LogP contribution in [0.25, 0.3) is 0 Å². The Kier molecular flexibility index (Phi) is 3.47. The van der Waals surface area contributed by atoms with Gasteiger partial charge in [0, 0.05) is 4.47 Å². The van der Waals surface area contributed by atoms with Crippen molar-refractivity contribution in [1.29, 1.82) is 0 Å². The van der Waals surface area contributed by atoms with Gasteiger partial charge in [0.2, 0.25) is 0 Å². The number of hydrogen-bond donors (Lipinski definition) is 0. The van der Waals surface area contributed by atoms with Crippen molar-refractivity contribution in [3.05, 3.63) is 34.3 Å². The lowest BCUT2D eigenvalue weighted by atomic mass is 10.1. The molecule has 0 N–H and O–H groups in total. The molecule has 0 aliphatic heterocycles. The normalized spacial score (nSPS) is 12.6. The molecule has 1 aromatic carbocycles. The first kappa shape index (κ1) is 9.93. The van der Waals surface area contributed by atoms with E-state index in [1.165, 1.54) is 0 Å². The van der Waals surface area contributed by atoms with Crippen LogP contribution in [0.3, 0.4) is 0 Å². The Morgan fingerprint density at radius 2 is 2.00 bits per heavy atom. The van der Waals surface area contributed by atoms with Crippen LogP contribution < -0.4 is 0 Å². The molecular formula is C9H8Br2O. The number of hydrogen-bond acceptors (Lipinski definition) is 1. The van der Waals surface area contributed by atoms with Crippen LogP contribution in [0.2, 0.25) is 0 Å². The molecule has 0 aliphatic carbocycles. The molecule has 0 heterocycles. The summed E-state index contributed by atoms with van der Waals surface area (Å²) in [6, 6.07) is 7.68. The molecule has 0 saturated heterocycles. The average Bonchev–Trinajstić information content (AvgIpc) is 2.04. The first-order valence-corrected chi connectivity index (χ1v) is 5.22. The van der Waals surface area contributed by atoms with E-state index < -0.39 is 0 Å². The van der Waals surface area contributed by atoms with Crippen molar-refractivity contribution in [2.24, 2.45) is 0 Å². The molecule has 0 bridgehead atoms. The zero-order valence-electron chi connectivity index (χ0n) is 6.55. The molecule has 0 spiro atoms. The van der Waals surface area contributed by atoms with E-state index >= 15 is 0 Å². The lowest BCUT2D eigenvalue weighted by molar-refractivity contribution is -0.116. The summed E-state index contributed by atoms with van der Waals surface area (Å²) >= 11 is 6.70. The van der Waals surface area contributed by atoms with E-state index in [-0.39, 0.29) is 10.6 Å². The zero-order valence-corrected chi connectivity index (χ0v) is 9.72. The highest BCUT2D eigenvalue weighted by atomic mass is 79.9. The third-order valence-electron chi connectivity index (χ3n) is 1.54. The Bertz CT molecular complexity index is 296. The van der Waals surface area contributed by atoms with Crippen molar-refractivity contribution >= 4 is 37.6 Å². The standard InChI is InChI=1S/C9H8Br2O/c1-6(12)9(11)7-4-2-3-5-8(7)10/h2-5,9H,1H3. The van der Waals surface area contributed by atoms with Crippen LogP contribution in [0.5, 0.6) is 0 Å². The van der Waals surface area contributed by atoms with Crippen molar-refractivity contribution in [1.82, 2.24) is 0 Å². The third-order valence-corrected chi connectivity index (χ3v) is 3.40. The van der Waals surface area contributed by atoms with Crippen LogP contribution in [0.1, 0.15) is 17.3 Å². The SMILES string of the molecule is CC(=O)C(Br)c1ccccc1Br. The number of rotatable bonds is 2. The Hall–Kier alpha value is -0.150. The maximum Gasteiger partial charge on any atom is 0.147 e. The second-order valence-corrected chi connectivity index (χ2v) is 4.26. The van der Waals surface area contributed by atoms with Gasteiger partial charge in [-0.15, -0.1) is 0 Å². The molecule has 3 heteroatoms. The minimum absolute atomic E-state index is 0.113. The topological polar surface area (TPSA) is 17.1 Å². The molecular weight excluding hydrogens is 284 g/mol. The monoisotopic (exact) mass is 290 g/mol. The second-order valence-electron chi connectivity index (χ2n) is 2.49. The summed E-state index contributed by atoms with van der Waals surface area (Å²) < 4.78 is 0.960. The number of carbonyl (C=O) groups is 1. The van der Waals surface area contributed by atoms with Crippen LogP contribution in [0.15, 0.2) is 28.7 Å². The van der Waals surface area contributed by atoms with E-state index in [1.807, 2.05) is 24.3 Å². The van der Waals surface area contributed by atoms with E-state index in [9.17, 15) is 4.79 Å². The van der Waals surface area contributed by atoms with Crippen molar-refractivity contribution < 1.29 is 4.79 Å². The fraction of sp³-hybridized carbons (Fsp3) is 0.222. The summed E-state index contributed by atoms with van der Waals surface area (Å²) in [7, 11) is 0. The molecule has 1 rings (SSSR count). The van der Waals surface area contributed by atoms with Gasteiger partial charge in [-0.25, -0.2) is 0 Å². The lowest BCUT2D eigenvalue weighted by Crippen LogP contribution is -2.01. The van der Waals surface area contributed by atoms with Crippen LogP contribution in [0.4, 0.5) is 0 Å². The zero-order chi connectivity index (χ0) is 9.14. The molecule has 0 aromatic heterocycles. The Labute approximate surface area is 88.4 Å². The molecule has 1 atom stereocenters. The maximum absolute atomic E-state index is 11.0. The van der Waals surface area contributed by atoms with Crippen molar-refractivity contribution in [2.45, 2.75) is 11.8 Å². The summed E-state index contributed by atoms with van der Waals surface area (Å²) in [6.07, 6.45) is 0. The fourth-order valence-electron chi connectivity index (χ4n) is 0.900. The van der Waals surface area contributed by atoms with Gasteiger partial charge in [-0.1, -0.05) is 50.1 Å².